The highest BCUT2D eigenvalue weighted by molar-refractivity contribution is 6.38. The number of ether oxygens (including phenoxy) is 1. The minimum absolute atomic E-state index is 0.00365. The van der Waals surface area contributed by atoms with Gasteiger partial charge >= 0.3 is 5.97 Å². The predicted molar refractivity (Wildman–Crippen MR) is 110 cm³/mol. The van der Waals surface area contributed by atoms with Gasteiger partial charge in [-0.2, -0.15) is 9.37 Å². The second-order valence-corrected chi connectivity index (χ2v) is 7.42. The van der Waals surface area contributed by atoms with Crippen LogP contribution in [0.2, 0.25) is 10.0 Å². The van der Waals surface area contributed by atoms with E-state index in [1.54, 1.807) is 6.07 Å². The number of halogens is 3. The number of anilines is 1. The summed E-state index contributed by atoms with van der Waals surface area (Å²) >= 11 is 12.2. The Morgan fingerprint density at radius 2 is 1.90 bits per heavy atom. The van der Waals surface area contributed by atoms with Gasteiger partial charge in [-0.1, -0.05) is 37.0 Å². The van der Waals surface area contributed by atoms with Gasteiger partial charge in [-0.25, -0.2) is 0 Å². The van der Waals surface area contributed by atoms with Crippen molar-refractivity contribution in [3.63, 3.8) is 0 Å². The molecule has 30 heavy (non-hydrogen) atoms. The van der Waals surface area contributed by atoms with E-state index in [-0.39, 0.29) is 34.0 Å². The number of aliphatic carboxylic acids is 1. The Balaban J connectivity index is 2.32. The number of rotatable bonds is 8. The maximum Gasteiger partial charge on any atom is 0.322 e. The van der Waals surface area contributed by atoms with Crippen LogP contribution in [0.4, 0.5) is 10.2 Å². The van der Waals surface area contributed by atoms with Crippen LogP contribution in [0.15, 0.2) is 18.2 Å². The molecule has 0 aliphatic rings. The highest BCUT2D eigenvalue weighted by Gasteiger charge is 2.23. The van der Waals surface area contributed by atoms with Crippen molar-refractivity contribution in [2.45, 2.75) is 32.7 Å². The number of aromatic nitrogens is 1. The zero-order valence-corrected chi connectivity index (χ0v) is 17.8. The van der Waals surface area contributed by atoms with E-state index < -0.39 is 35.4 Å². The van der Waals surface area contributed by atoms with Crippen molar-refractivity contribution in [3.8, 4) is 17.2 Å². The van der Waals surface area contributed by atoms with Crippen molar-refractivity contribution in [1.82, 2.24) is 10.3 Å². The molecule has 0 fully saturated rings. The fraction of sp³-hybridized carbons (Fsp3) is 0.316. The van der Waals surface area contributed by atoms with Crippen LogP contribution in [-0.2, 0) is 9.59 Å². The Morgan fingerprint density at radius 1 is 1.23 bits per heavy atom. The zero-order chi connectivity index (χ0) is 22.6. The number of carboxylic acids is 1. The highest BCUT2D eigenvalue weighted by atomic mass is 35.5. The molecule has 8 nitrogen and oxygen atoms in total. The lowest BCUT2D eigenvalue weighted by Crippen LogP contribution is -2.40. The minimum atomic E-state index is -1.21. The first-order chi connectivity index (χ1) is 14.0. The van der Waals surface area contributed by atoms with Crippen LogP contribution in [0, 0.1) is 5.95 Å². The Labute approximate surface area is 182 Å². The molecule has 162 valence electrons. The summed E-state index contributed by atoms with van der Waals surface area (Å²) in [6, 6.07) is 3.48. The molecule has 4 N–H and O–H groups in total. The van der Waals surface area contributed by atoms with E-state index in [1.807, 2.05) is 13.8 Å². The summed E-state index contributed by atoms with van der Waals surface area (Å²) < 4.78 is 19.9. The third-order valence-corrected chi connectivity index (χ3v) is 4.68. The number of nitrogens with one attached hydrogen (secondary N) is 2. The maximum atomic E-state index is 14.3. The van der Waals surface area contributed by atoms with E-state index in [4.69, 9.17) is 33.0 Å². The van der Waals surface area contributed by atoms with Gasteiger partial charge in [0, 0.05) is 5.56 Å². The van der Waals surface area contributed by atoms with Gasteiger partial charge in [0.25, 0.3) is 0 Å². The SMILES string of the molecule is CC(Nc1nc(F)c(Cl)c(Oc2ccc(O)c(C(C)C)c2)c1Cl)C(=O)NCC(=O)O. The number of aromatic hydroxyl groups is 1. The first-order valence-corrected chi connectivity index (χ1v) is 9.58. The van der Waals surface area contributed by atoms with E-state index in [0.717, 1.165) is 0 Å². The van der Waals surface area contributed by atoms with E-state index >= 15 is 0 Å². The Hall–Kier alpha value is -2.78. The number of carboxylic acid groups (broad SMARTS) is 1. The normalized spacial score (nSPS) is 11.8. The molecular formula is C19H20Cl2FN3O5. The number of phenolic OH excluding ortho intramolecular Hbond substituents is 1. The Bertz CT molecular complexity index is 972. The molecule has 11 heteroatoms. The van der Waals surface area contributed by atoms with Gasteiger partial charge in [0.05, 0.1) is 0 Å². The average molecular weight is 460 g/mol. The van der Waals surface area contributed by atoms with Crippen molar-refractivity contribution >= 4 is 40.9 Å². The van der Waals surface area contributed by atoms with E-state index in [9.17, 15) is 19.1 Å². The van der Waals surface area contributed by atoms with Crippen LogP contribution in [0.5, 0.6) is 17.2 Å². The van der Waals surface area contributed by atoms with Crippen molar-refractivity contribution in [3.05, 3.63) is 39.8 Å². The van der Waals surface area contributed by atoms with E-state index in [2.05, 4.69) is 15.6 Å². The van der Waals surface area contributed by atoms with Crippen molar-refractivity contribution in [2.75, 3.05) is 11.9 Å². The number of nitrogens with zero attached hydrogens (tertiary/aromatic N) is 1. The third kappa shape index (κ3) is 5.64. The predicted octanol–water partition coefficient (Wildman–Crippen LogP) is 4.15. The molecule has 0 aliphatic carbocycles. The minimum Gasteiger partial charge on any atom is -0.508 e. The number of pyridine rings is 1. The third-order valence-electron chi connectivity index (χ3n) is 4.00. The molecule has 0 saturated heterocycles. The monoisotopic (exact) mass is 459 g/mol. The second kappa shape index (κ2) is 9.82. The molecule has 1 aromatic heterocycles. The number of phenols is 1. The van der Waals surface area contributed by atoms with Gasteiger partial charge in [-0.15, -0.1) is 0 Å². The molecule has 1 unspecified atom stereocenters. The van der Waals surface area contributed by atoms with E-state index in [1.165, 1.54) is 19.1 Å². The van der Waals surface area contributed by atoms with Crippen molar-refractivity contribution in [1.29, 1.82) is 0 Å². The van der Waals surface area contributed by atoms with Crippen LogP contribution in [0.3, 0.4) is 0 Å². The number of hydrogen-bond acceptors (Lipinski definition) is 6. The topological polar surface area (TPSA) is 121 Å². The van der Waals surface area contributed by atoms with Crippen molar-refractivity contribution < 1.29 is 28.9 Å². The lowest BCUT2D eigenvalue weighted by Gasteiger charge is -2.18. The number of hydrogen-bond donors (Lipinski definition) is 4. The van der Waals surface area contributed by atoms with Gasteiger partial charge in [0.2, 0.25) is 11.9 Å². The molecule has 0 radical (unpaired) electrons. The van der Waals surface area contributed by atoms with Gasteiger partial charge < -0.3 is 25.6 Å². The van der Waals surface area contributed by atoms with Crippen LogP contribution in [0.25, 0.3) is 0 Å². The molecule has 1 amide bonds. The lowest BCUT2D eigenvalue weighted by atomic mass is 10.0. The molecule has 1 heterocycles. The van der Waals surface area contributed by atoms with E-state index in [0.29, 0.717) is 5.56 Å². The molecule has 0 bridgehead atoms. The zero-order valence-electron chi connectivity index (χ0n) is 16.3. The lowest BCUT2D eigenvalue weighted by molar-refractivity contribution is -0.138. The van der Waals surface area contributed by atoms with Gasteiger partial charge in [-0.05, 0) is 31.0 Å². The molecule has 1 aromatic carbocycles. The van der Waals surface area contributed by atoms with Gasteiger partial charge in [0.1, 0.15) is 34.1 Å². The molecule has 2 rings (SSSR count). The van der Waals surface area contributed by atoms with Crippen molar-refractivity contribution in [2.24, 2.45) is 0 Å². The summed E-state index contributed by atoms with van der Waals surface area (Å²) in [7, 11) is 0. The highest BCUT2D eigenvalue weighted by Crippen LogP contribution is 2.42. The maximum absolute atomic E-state index is 14.3. The van der Waals surface area contributed by atoms with Gasteiger partial charge in [-0.3, -0.25) is 9.59 Å². The molecular weight excluding hydrogens is 440 g/mol. The molecule has 1 atom stereocenters. The number of amides is 1. The molecule has 2 aromatic rings. The fourth-order valence-corrected chi connectivity index (χ4v) is 2.90. The molecule has 0 spiro atoms. The summed E-state index contributed by atoms with van der Waals surface area (Å²) in [4.78, 5) is 26.1. The number of carbonyl (C=O) groups excluding carboxylic acids is 1. The van der Waals surface area contributed by atoms with Crippen LogP contribution in [0.1, 0.15) is 32.3 Å². The first-order valence-electron chi connectivity index (χ1n) is 8.82. The summed E-state index contributed by atoms with van der Waals surface area (Å²) in [5.41, 5.74) is 0.608. The molecule has 0 saturated carbocycles. The summed E-state index contributed by atoms with van der Waals surface area (Å²) in [5.74, 6) is -3.07. The van der Waals surface area contributed by atoms with Crippen LogP contribution in [-0.4, -0.2) is 39.7 Å². The standard InChI is InChI=1S/C19H20Cl2FN3O5/c1-8(2)11-6-10(4-5-12(11)26)30-16-14(20)17(22)25-18(15(16)21)24-9(3)19(29)23-7-13(27)28/h4-6,8-9,26H,7H2,1-3H3,(H,23,29)(H,24,25)(H,27,28). The largest absolute Gasteiger partial charge is 0.508 e. The first kappa shape index (κ1) is 23.5. The smallest absolute Gasteiger partial charge is 0.322 e. The number of carbonyl (C=O) groups is 2. The number of benzene rings is 1. The second-order valence-electron chi connectivity index (χ2n) is 6.66. The molecule has 0 aliphatic heterocycles. The van der Waals surface area contributed by atoms with Crippen LogP contribution >= 0.6 is 23.2 Å². The quantitative estimate of drug-likeness (QED) is 0.437. The summed E-state index contributed by atoms with van der Waals surface area (Å²) in [6.45, 7) is 4.60. The van der Waals surface area contributed by atoms with Crippen LogP contribution < -0.4 is 15.4 Å². The Morgan fingerprint density at radius 3 is 2.50 bits per heavy atom. The summed E-state index contributed by atoms with van der Waals surface area (Å²) in [5, 5.41) is 22.7. The van der Waals surface area contributed by atoms with Gasteiger partial charge in [0.15, 0.2) is 11.6 Å². The fourth-order valence-electron chi connectivity index (χ4n) is 2.44. The summed E-state index contributed by atoms with van der Waals surface area (Å²) in [6.07, 6.45) is 0. The Kier molecular flexibility index (Phi) is 7.69. The average Bonchev–Trinajstić information content (AvgIpc) is 2.68.